The molecule has 0 heterocycles. The van der Waals surface area contributed by atoms with Crippen molar-refractivity contribution in [2.45, 2.75) is 39.5 Å². The normalized spacial score (nSPS) is 12.0. The molecule has 1 atom stereocenters. The van der Waals surface area contributed by atoms with E-state index in [4.69, 9.17) is 9.84 Å². The van der Waals surface area contributed by atoms with Gasteiger partial charge in [0.1, 0.15) is 5.75 Å². The molecule has 0 saturated carbocycles. The molecule has 0 bridgehead atoms. The minimum absolute atomic E-state index is 0.00157. The first-order valence-corrected chi connectivity index (χ1v) is 7.72. The molecule has 0 aromatic heterocycles. The fourth-order valence-corrected chi connectivity index (χ4v) is 2.25. The molecule has 4 heteroatoms. The van der Waals surface area contributed by atoms with Crippen LogP contribution in [-0.4, -0.2) is 30.8 Å². The van der Waals surface area contributed by atoms with Gasteiger partial charge in [-0.2, -0.15) is 0 Å². The molecular weight excluding hydrogens is 266 g/mol. The minimum Gasteiger partial charge on any atom is -0.493 e. The first kappa shape index (κ1) is 17.5. The van der Waals surface area contributed by atoms with Crippen molar-refractivity contribution in [1.82, 2.24) is 5.32 Å². The zero-order valence-corrected chi connectivity index (χ0v) is 13.1. The first-order valence-electron chi connectivity index (χ1n) is 7.72. The number of ether oxygens (including phenoxy) is 1. The highest BCUT2D eigenvalue weighted by Gasteiger charge is 2.09. The SMILES string of the molecule is CCCC(CCO)CNC(=O)CCOc1cccc(C)c1. The lowest BCUT2D eigenvalue weighted by Gasteiger charge is -2.15. The van der Waals surface area contributed by atoms with E-state index in [-0.39, 0.29) is 12.5 Å². The van der Waals surface area contributed by atoms with Gasteiger partial charge in [-0.25, -0.2) is 0 Å². The molecule has 1 unspecified atom stereocenters. The lowest BCUT2D eigenvalue weighted by molar-refractivity contribution is -0.121. The molecule has 1 aromatic rings. The molecule has 21 heavy (non-hydrogen) atoms. The largest absolute Gasteiger partial charge is 0.493 e. The van der Waals surface area contributed by atoms with Crippen molar-refractivity contribution in [1.29, 1.82) is 0 Å². The van der Waals surface area contributed by atoms with Crippen molar-refractivity contribution in [2.24, 2.45) is 5.92 Å². The van der Waals surface area contributed by atoms with E-state index in [1.807, 2.05) is 31.2 Å². The van der Waals surface area contributed by atoms with Crippen molar-refractivity contribution < 1.29 is 14.6 Å². The Labute approximate surface area is 127 Å². The van der Waals surface area contributed by atoms with Crippen molar-refractivity contribution in [3.8, 4) is 5.75 Å². The summed E-state index contributed by atoms with van der Waals surface area (Å²) in [6.07, 6.45) is 3.19. The highest BCUT2D eigenvalue weighted by Crippen LogP contribution is 2.12. The number of aryl methyl sites for hydroxylation is 1. The predicted octanol–water partition coefficient (Wildman–Crippen LogP) is 2.68. The number of hydrogen-bond acceptors (Lipinski definition) is 3. The van der Waals surface area contributed by atoms with Crippen LogP contribution in [0.3, 0.4) is 0 Å². The van der Waals surface area contributed by atoms with E-state index in [2.05, 4.69) is 12.2 Å². The quantitative estimate of drug-likeness (QED) is 0.697. The van der Waals surface area contributed by atoms with Crippen LogP contribution < -0.4 is 10.1 Å². The number of carbonyl (C=O) groups is 1. The summed E-state index contributed by atoms with van der Waals surface area (Å²) in [4.78, 5) is 11.8. The second kappa shape index (κ2) is 10.2. The van der Waals surface area contributed by atoms with Gasteiger partial charge in [-0.05, 0) is 43.4 Å². The smallest absolute Gasteiger partial charge is 0.223 e. The summed E-state index contributed by atoms with van der Waals surface area (Å²) in [7, 11) is 0. The minimum atomic E-state index is 0.00157. The summed E-state index contributed by atoms with van der Waals surface area (Å²) < 4.78 is 5.56. The van der Waals surface area contributed by atoms with Crippen LogP contribution in [0.15, 0.2) is 24.3 Å². The zero-order chi connectivity index (χ0) is 15.5. The number of aliphatic hydroxyl groups excluding tert-OH is 1. The van der Waals surface area contributed by atoms with Crippen LogP contribution in [0.4, 0.5) is 0 Å². The van der Waals surface area contributed by atoms with Gasteiger partial charge < -0.3 is 15.2 Å². The second-order valence-corrected chi connectivity index (χ2v) is 5.39. The van der Waals surface area contributed by atoms with Crippen molar-refractivity contribution in [3.05, 3.63) is 29.8 Å². The Balaban J connectivity index is 2.21. The predicted molar refractivity (Wildman–Crippen MR) is 84.4 cm³/mol. The fraction of sp³-hybridized carbons (Fsp3) is 0.588. The molecule has 2 N–H and O–H groups in total. The Kier molecular flexibility index (Phi) is 8.51. The second-order valence-electron chi connectivity index (χ2n) is 5.39. The number of rotatable bonds is 10. The third kappa shape index (κ3) is 7.71. The number of nitrogens with one attached hydrogen (secondary N) is 1. The fourth-order valence-electron chi connectivity index (χ4n) is 2.25. The summed E-state index contributed by atoms with van der Waals surface area (Å²) >= 11 is 0. The van der Waals surface area contributed by atoms with Crippen LogP contribution in [0.5, 0.6) is 5.75 Å². The highest BCUT2D eigenvalue weighted by atomic mass is 16.5. The molecule has 0 radical (unpaired) electrons. The Hall–Kier alpha value is -1.55. The molecule has 0 spiro atoms. The molecule has 1 rings (SSSR count). The molecule has 0 aliphatic heterocycles. The maximum absolute atomic E-state index is 11.8. The lowest BCUT2D eigenvalue weighted by atomic mass is 10.0. The van der Waals surface area contributed by atoms with Gasteiger partial charge in [0.15, 0.2) is 0 Å². The van der Waals surface area contributed by atoms with Crippen molar-refractivity contribution in [2.75, 3.05) is 19.8 Å². The Bertz CT molecular complexity index is 414. The monoisotopic (exact) mass is 293 g/mol. The Morgan fingerprint density at radius 1 is 1.38 bits per heavy atom. The molecule has 0 aliphatic carbocycles. The van der Waals surface area contributed by atoms with Crippen molar-refractivity contribution in [3.63, 3.8) is 0 Å². The molecule has 4 nitrogen and oxygen atoms in total. The van der Waals surface area contributed by atoms with Crippen LogP contribution in [0.1, 0.15) is 38.2 Å². The summed E-state index contributed by atoms with van der Waals surface area (Å²) in [6.45, 7) is 5.32. The van der Waals surface area contributed by atoms with Gasteiger partial charge in [-0.3, -0.25) is 4.79 Å². The molecular formula is C17H27NO3. The van der Waals surface area contributed by atoms with E-state index >= 15 is 0 Å². The number of carbonyl (C=O) groups excluding carboxylic acids is 1. The highest BCUT2D eigenvalue weighted by molar-refractivity contribution is 5.75. The Morgan fingerprint density at radius 2 is 2.19 bits per heavy atom. The summed E-state index contributed by atoms with van der Waals surface area (Å²) in [6, 6.07) is 7.80. The van der Waals surface area contributed by atoms with Crippen LogP contribution in [-0.2, 0) is 4.79 Å². The van der Waals surface area contributed by atoms with Crippen LogP contribution in [0.2, 0.25) is 0 Å². The van der Waals surface area contributed by atoms with Gasteiger partial charge in [-0.15, -0.1) is 0 Å². The van der Waals surface area contributed by atoms with Gasteiger partial charge in [0.25, 0.3) is 0 Å². The topological polar surface area (TPSA) is 58.6 Å². The van der Waals surface area contributed by atoms with Gasteiger partial charge >= 0.3 is 0 Å². The molecule has 1 aromatic carbocycles. The first-order chi connectivity index (χ1) is 10.2. The zero-order valence-electron chi connectivity index (χ0n) is 13.1. The van der Waals surface area contributed by atoms with Crippen LogP contribution >= 0.6 is 0 Å². The van der Waals surface area contributed by atoms with E-state index in [9.17, 15) is 4.79 Å². The van der Waals surface area contributed by atoms with E-state index in [0.717, 1.165) is 30.6 Å². The van der Waals surface area contributed by atoms with E-state index in [0.29, 0.717) is 25.5 Å². The average Bonchev–Trinajstić information content (AvgIpc) is 2.45. The third-order valence-electron chi connectivity index (χ3n) is 3.41. The number of benzene rings is 1. The lowest BCUT2D eigenvalue weighted by Crippen LogP contribution is -2.30. The number of amides is 1. The molecule has 118 valence electrons. The maximum Gasteiger partial charge on any atom is 0.223 e. The van der Waals surface area contributed by atoms with Crippen LogP contribution in [0.25, 0.3) is 0 Å². The summed E-state index contributed by atoms with van der Waals surface area (Å²) in [5, 5.41) is 11.9. The average molecular weight is 293 g/mol. The summed E-state index contributed by atoms with van der Waals surface area (Å²) in [5.74, 6) is 1.16. The maximum atomic E-state index is 11.8. The van der Waals surface area contributed by atoms with Gasteiger partial charge in [-0.1, -0.05) is 25.5 Å². The van der Waals surface area contributed by atoms with Gasteiger partial charge in [0.2, 0.25) is 5.91 Å². The molecule has 0 saturated heterocycles. The van der Waals surface area contributed by atoms with Gasteiger partial charge in [0, 0.05) is 13.2 Å². The number of hydrogen-bond donors (Lipinski definition) is 2. The summed E-state index contributed by atoms with van der Waals surface area (Å²) in [5.41, 5.74) is 1.14. The van der Waals surface area contributed by atoms with Crippen molar-refractivity contribution >= 4 is 5.91 Å². The molecule has 0 fully saturated rings. The Morgan fingerprint density at radius 3 is 2.86 bits per heavy atom. The molecule has 1 amide bonds. The van der Waals surface area contributed by atoms with Crippen LogP contribution in [0, 0.1) is 12.8 Å². The third-order valence-corrected chi connectivity index (χ3v) is 3.41. The van der Waals surface area contributed by atoms with Gasteiger partial charge in [0.05, 0.1) is 13.0 Å². The van der Waals surface area contributed by atoms with E-state index < -0.39 is 0 Å². The van der Waals surface area contributed by atoms with E-state index in [1.54, 1.807) is 0 Å². The standard InChI is InChI=1S/C17H27NO3/c1-3-5-15(8-10-19)13-18-17(20)9-11-21-16-7-4-6-14(2)12-16/h4,6-7,12,15,19H,3,5,8-11,13H2,1-2H3,(H,18,20). The molecule has 0 aliphatic rings. The van der Waals surface area contributed by atoms with E-state index in [1.165, 1.54) is 0 Å². The number of aliphatic hydroxyl groups is 1.